The van der Waals surface area contributed by atoms with Crippen LogP contribution >= 0.6 is 0 Å². The molecule has 0 spiro atoms. The van der Waals surface area contributed by atoms with Gasteiger partial charge in [-0.15, -0.1) is 0 Å². The molecule has 4 nitrogen and oxygen atoms in total. The predicted octanol–water partition coefficient (Wildman–Crippen LogP) is 3.02. The minimum Gasteiger partial charge on any atom is -0.370 e. The topological polar surface area (TPSA) is 45.2 Å². The molecule has 2 bridgehead atoms. The molecule has 21 heavy (non-hydrogen) atoms. The predicted molar refractivity (Wildman–Crippen MR) is 84.3 cm³/mol. The zero-order chi connectivity index (χ0) is 14.8. The number of anilines is 1. The van der Waals surface area contributed by atoms with Crippen LogP contribution in [0, 0.1) is 17.8 Å². The average Bonchev–Trinajstić information content (AvgIpc) is 3.09. The summed E-state index contributed by atoms with van der Waals surface area (Å²) >= 11 is 0. The first-order chi connectivity index (χ1) is 10.2. The van der Waals surface area contributed by atoms with Gasteiger partial charge in [-0.3, -0.25) is 4.79 Å². The van der Waals surface area contributed by atoms with Crippen molar-refractivity contribution in [2.24, 2.45) is 17.8 Å². The van der Waals surface area contributed by atoms with Crippen molar-refractivity contribution in [3.8, 4) is 0 Å². The Hall–Kier alpha value is -1.58. The van der Waals surface area contributed by atoms with E-state index in [1.807, 2.05) is 31.0 Å². The van der Waals surface area contributed by atoms with Gasteiger partial charge < -0.3 is 10.2 Å². The summed E-state index contributed by atoms with van der Waals surface area (Å²) in [6, 6.07) is 5.60. The van der Waals surface area contributed by atoms with E-state index in [-0.39, 0.29) is 5.91 Å². The molecule has 4 heteroatoms. The fraction of sp³-hybridized carbons (Fsp3) is 0.647. The third kappa shape index (κ3) is 3.04. The number of pyridine rings is 1. The van der Waals surface area contributed by atoms with E-state index >= 15 is 0 Å². The average molecular weight is 287 g/mol. The molecule has 1 aromatic rings. The number of carbonyl (C=O) groups excluding carboxylic acids is 1. The van der Waals surface area contributed by atoms with Gasteiger partial charge in [0, 0.05) is 20.1 Å². The lowest BCUT2D eigenvalue weighted by Gasteiger charge is -2.27. The fourth-order valence-corrected chi connectivity index (χ4v) is 4.06. The highest BCUT2D eigenvalue weighted by Crippen LogP contribution is 2.48. The van der Waals surface area contributed by atoms with Crippen molar-refractivity contribution < 1.29 is 4.79 Å². The second kappa shape index (κ2) is 6.04. The summed E-state index contributed by atoms with van der Waals surface area (Å²) in [5.41, 5.74) is 0.541. The normalized spacial score (nSPS) is 26.9. The van der Waals surface area contributed by atoms with Gasteiger partial charge in [0.05, 0.1) is 0 Å². The van der Waals surface area contributed by atoms with Crippen molar-refractivity contribution >= 4 is 11.7 Å². The van der Waals surface area contributed by atoms with Gasteiger partial charge in [0.1, 0.15) is 11.5 Å². The zero-order valence-electron chi connectivity index (χ0n) is 13.0. The van der Waals surface area contributed by atoms with Crippen LogP contribution in [0.25, 0.3) is 0 Å². The van der Waals surface area contributed by atoms with E-state index in [2.05, 4.69) is 10.3 Å². The first-order valence-electron chi connectivity index (χ1n) is 8.13. The van der Waals surface area contributed by atoms with Crippen molar-refractivity contribution in [3.63, 3.8) is 0 Å². The number of amides is 1. The van der Waals surface area contributed by atoms with E-state index in [1.54, 1.807) is 6.07 Å². The lowest BCUT2D eigenvalue weighted by atomic mass is 9.88. The molecule has 2 aliphatic carbocycles. The number of nitrogens with zero attached hydrogens (tertiary/aromatic N) is 2. The van der Waals surface area contributed by atoms with Crippen molar-refractivity contribution in [2.75, 3.05) is 25.5 Å². The Labute approximate surface area is 126 Å². The minimum atomic E-state index is 0.0394. The van der Waals surface area contributed by atoms with E-state index in [9.17, 15) is 4.79 Å². The number of nitrogens with one attached hydrogen (secondary N) is 1. The standard InChI is InChI=1S/C17H25N3O/c1-3-18-16-6-4-5-15(19-16)17(21)20(2)11-14-10-12-7-8-13(14)9-12/h4-6,12-14H,3,7-11H2,1-2H3,(H,18,19). The molecule has 1 aromatic heterocycles. The number of hydrogen-bond acceptors (Lipinski definition) is 3. The molecule has 1 N–H and O–H groups in total. The summed E-state index contributed by atoms with van der Waals surface area (Å²) in [7, 11) is 1.91. The van der Waals surface area contributed by atoms with Gasteiger partial charge in [-0.25, -0.2) is 4.98 Å². The number of hydrogen-bond donors (Lipinski definition) is 1. The van der Waals surface area contributed by atoms with E-state index in [0.717, 1.165) is 30.7 Å². The lowest BCUT2D eigenvalue weighted by molar-refractivity contribution is 0.0748. The third-order valence-electron chi connectivity index (χ3n) is 5.07. The van der Waals surface area contributed by atoms with Gasteiger partial charge in [-0.05, 0) is 56.1 Å². The number of carbonyl (C=O) groups is 1. The van der Waals surface area contributed by atoms with Crippen LogP contribution in [-0.4, -0.2) is 35.9 Å². The molecule has 1 heterocycles. The van der Waals surface area contributed by atoms with Crippen molar-refractivity contribution in [3.05, 3.63) is 23.9 Å². The third-order valence-corrected chi connectivity index (χ3v) is 5.07. The molecule has 2 saturated carbocycles. The second-order valence-electron chi connectivity index (χ2n) is 6.56. The Morgan fingerprint density at radius 1 is 1.38 bits per heavy atom. The summed E-state index contributed by atoms with van der Waals surface area (Å²) in [4.78, 5) is 18.8. The molecule has 1 amide bonds. The summed E-state index contributed by atoms with van der Waals surface area (Å²) in [5, 5.41) is 3.15. The van der Waals surface area contributed by atoms with Gasteiger partial charge >= 0.3 is 0 Å². The zero-order valence-corrected chi connectivity index (χ0v) is 13.0. The summed E-state index contributed by atoms with van der Waals surface area (Å²) in [6.07, 6.45) is 5.48. The fourth-order valence-electron chi connectivity index (χ4n) is 4.06. The van der Waals surface area contributed by atoms with Crippen molar-refractivity contribution in [2.45, 2.75) is 32.6 Å². The van der Waals surface area contributed by atoms with Crippen LogP contribution in [-0.2, 0) is 0 Å². The van der Waals surface area contributed by atoms with Crippen LogP contribution in [0.1, 0.15) is 43.1 Å². The lowest BCUT2D eigenvalue weighted by Crippen LogP contribution is -2.34. The largest absolute Gasteiger partial charge is 0.370 e. The summed E-state index contributed by atoms with van der Waals surface area (Å²) in [5.74, 6) is 3.30. The smallest absolute Gasteiger partial charge is 0.272 e. The Bertz CT molecular complexity index is 517. The highest BCUT2D eigenvalue weighted by atomic mass is 16.2. The van der Waals surface area contributed by atoms with Gasteiger partial charge in [-0.2, -0.15) is 0 Å². The number of aromatic nitrogens is 1. The summed E-state index contributed by atoms with van der Waals surface area (Å²) < 4.78 is 0. The minimum absolute atomic E-state index is 0.0394. The monoisotopic (exact) mass is 287 g/mol. The Kier molecular flexibility index (Phi) is 4.13. The van der Waals surface area contributed by atoms with Crippen LogP contribution in [0.3, 0.4) is 0 Å². The maximum absolute atomic E-state index is 12.5. The highest BCUT2D eigenvalue weighted by molar-refractivity contribution is 5.92. The molecule has 2 aliphatic rings. The first kappa shape index (κ1) is 14.4. The molecule has 3 unspecified atom stereocenters. The maximum atomic E-state index is 12.5. The maximum Gasteiger partial charge on any atom is 0.272 e. The van der Waals surface area contributed by atoms with E-state index in [4.69, 9.17) is 0 Å². The van der Waals surface area contributed by atoms with Crippen LogP contribution in [0.5, 0.6) is 0 Å². The second-order valence-corrected chi connectivity index (χ2v) is 6.56. The molecule has 0 aromatic carbocycles. The van der Waals surface area contributed by atoms with Crippen LogP contribution in [0.4, 0.5) is 5.82 Å². The van der Waals surface area contributed by atoms with Crippen LogP contribution in [0.15, 0.2) is 18.2 Å². The summed E-state index contributed by atoms with van der Waals surface area (Å²) in [6.45, 7) is 3.72. The Morgan fingerprint density at radius 2 is 2.24 bits per heavy atom. The molecule has 0 radical (unpaired) electrons. The SMILES string of the molecule is CCNc1cccc(C(=O)N(C)CC2CC3CCC2C3)n1. The molecule has 3 atom stereocenters. The van der Waals surface area contributed by atoms with E-state index < -0.39 is 0 Å². The van der Waals surface area contributed by atoms with E-state index in [0.29, 0.717) is 11.6 Å². The number of rotatable bonds is 5. The molecule has 0 aliphatic heterocycles. The van der Waals surface area contributed by atoms with Gasteiger partial charge in [0.2, 0.25) is 0 Å². The van der Waals surface area contributed by atoms with E-state index in [1.165, 1.54) is 25.7 Å². The molecule has 114 valence electrons. The first-order valence-corrected chi connectivity index (χ1v) is 8.13. The van der Waals surface area contributed by atoms with Crippen LogP contribution < -0.4 is 5.32 Å². The van der Waals surface area contributed by atoms with Gasteiger partial charge in [-0.1, -0.05) is 12.5 Å². The molecule has 3 rings (SSSR count). The molecular weight excluding hydrogens is 262 g/mol. The number of fused-ring (bicyclic) bond motifs is 2. The molecule has 0 saturated heterocycles. The van der Waals surface area contributed by atoms with Crippen LogP contribution in [0.2, 0.25) is 0 Å². The van der Waals surface area contributed by atoms with Gasteiger partial charge in [0.15, 0.2) is 0 Å². The Balaban J connectivity index is 1.62. The van der Waals surface area contributed by atoms with Crippen molar-refractivity contribution in [1.82, 2.24) is 9.88 Å². The highest BCUT2D eigenvalue weighted by Gasteiger charge is 2.40. The Morgan fingerprint density at radius 3 is 2.90 bits per heavy atom. The molecule has 2 fully saturated rings. The molecular formula is C17H25N3O. The quantitative estimate of drug-likeness (QED) is 0.905. The van der Waals surface area contributed by atoms with Gasteiger partial charge in [0.25, 0.3) is 5.91 Å². The van der Waals surface area contributed by atoms with Crippen molar-refractivity contribution in [1.29, 1.82) is 0 Å².